The van der Waals surface area contributed by atoms with Gasteiger partial charge in [0.15, 0.2) is 0 Å². The van der Waals surface area contributed by atoms with E-state index in [1.807, 2.05) is 4.90 Å². The van der Waals surface area contributed by atoms with E-state index in [4.69, 9.17) is 9.84 Å². The zero-order valence-electron chi connectivity index (χ0n) is 11.0. The van der Waals surface area contributed by atoms with Gasteiger partial charge < -0.3 is 9.84 Å². The zero-order chi connectivity index (χ0) is 12.7. The Labute approximate surface area is 104 Å². The van der Waals surface area contributed by atoms with E-state index in [-0.39, 0.29) is 6.54 Å². The fourth-order valence-electron chi connectivity index (χ4n) is 2.72. The number of rotatable bonds is 7. The van der Waals surface area contributed by atoms with E-state index in [1.54, 1.807) is 7.11 Å². The molecule has 1 aliphatic rings. The topological polar surface area (TPSA) is 49.8 Å². The lowest BCUT2D eigenvalue weighted by Gasteiger charge is -2.35. The van der Waals surface area contributed by atoms with Crippen molar-refractivity contribution in [1.29, 1.82) is 0 Å². The highest BCUT2D eigenvalue weighted by molar-refractivity contribution is 5.69. The summed E-state index contributed by atoms with van der Waals surface area (Å²) in [7, 11) is 1.66. The number of aliphatic carboxylic acids is 1. The maximum Gasteiger partial charge on any atom is 0.317 e. The summed E-state index contributed by atoms with van der Waals surface area (Å²) >= 11 is 0. The lowest BCUT2D eigenvalue weighted by molar-refractivity contribution is -0.139. The first-order valence-corrected chi connectivity index (χ1v) is 6.60. The summed E-state index contributed by atoms with van der Waals surface area (Å²) in [6.07, 6.45) is 6.40. The minimum atomic E-state index is -0.747. The molecule has 100 valence electrons. The van der Waals surface area contributed by atoms with Gasteiger partial charge in [-0.3, -0.25) is 9.69 Å². The van der Waals surface area contributed by atoms with E-state index in [2.05, 4.69) is 6.92 Å². The Morgan fingerprint density at radius 3 is 2.59 bits per heavy atom. The second-order valence-corrected chi connectivity index (χ2v) is 5.00. The molecule has 4 heteroatoms. The Kier molecular flexibility index (Phi) is 6.52. The van der Waals surface area contributed by atoms with Gasteiger partial charge in [0, 0.05) is 19.7 Å². The van der Waals surface area contributed by atoms with Crippen molar-refractivity contribution in [2.75, 3.05) is 26.8 Å². The molecular weight excluding hydrogens is 218 g/mol. The summed E-state index contributed by atoms with van der Waals surface area (Å²) in [5.41, 5.74) is 0. The standard InChI is InChI=1S/C13H25NO3/c1-11(12-6-4-3-5-7-12)14(8-9-17-2)10-13(15)16/h11-12H,3-10H2,1-2H3,(H,15,16). The summed E-state index contributed by atoms with van der Waals surface area (Å²) < 4.78 is 5.06. The number of methoxy groups -OCH3 is 1. The minimum Gasteiger partial charge on any atom is -0.480 e. The third kappa shape index (κ3) is 5.04. The van der Waals surface area contributed by atoms with Crippen LogP contribution in [0.25, 0.3) is 0 Å². The number of carboxylic acids is 1. The summed E-state index contributed by atoms with van der Waals surface area (Å²) in [6, 6.07) is 0.349. The number of hydrogen-bond acceptors (Lipinski definition) is 3. The zero-order valence-corrected chi connectivity index (χ0v) is 11.0. The summed E-state index contributed by atoms with van der Waals surface area (Å²) in [6.45, 7) is 3.60. The predicted molar refractivity (Wildman–Crippen MR) is 67.1 cm³/mol. The largest absolute Gasteiger partial charge is 0.480 e. The maximum atomic E-state index is 10.9. The highest BCUT2D eigenvalue weighted by atomic mass is 16.5. The van der Waals surface area contributed by atoms with Crippen molar-refractivity contribution in [1.82, 2.24) is 4.90 Å². The molecule has 0 amide bonds. The Morgan fingerprint density at radius 1 is 1.41 bits per heavy atom. The predicted octanol–water partition coefficient (Wildman–Crippen LogP) is 1.99. The summed E-state index contributed by atoms with van der Waals surface area (Å²) in [4.78, 5) is 12.9. The van der Waals surface area contributed by atoms with Gasteiger partial charge in [-0.25, -0.2) is 0 Å². The van der Waals surface area contributed by atoms with E-state index in [0.29, 0.717) is 25.1 Å². The third-order valence-corrected chi connectivity index (χ3v) is 3.83. The highest BCUT2D eigenvalue weighted by Crippen LogP contribution is 2.28. The molecule has 0 saturated heterocycles. The Balaban J connectivity index is 2.49. The van der Waals surface area contributed by atoms with Crippen molar-refractivity contribution in [3.8, 4) is 0 Å². The van der Waals surface area contributed by atoms with Crippen LogP contribution >= 0.6 is 0 Å². The highest BCUT2D eigenvalue weighted by Gasteiger charge is 2.26. The van der Waals surface area contributed by atoms with Gasteiger partial charge in [-0.05, 0) is 25.7 Å². The first-order chi connectivity index (χ1) is 8.15. The summed E-state index contributed by atoms with van der Waals surface area (Å²) in [5, 5.41) is 8.95. The molecule has 0 aliphatic heterocycles. The molecule has 0 aromatic rings. The first kappa shape index (κ1) is 14.5. The van der Waals surface area contributed by atoms with Crippen molar-refractivity contribution >= 4 is 5.97 Å². The summed E-state index contributed by atoms with van der Waals surface area (Å²) in [5.74, 6) is -0.0938. The molecule has 1 N–H and O–H groups in total. The molecule has 1 atom stereocenters. The van der Waals surface area contributed by atoms with E-state index >= 15 is 0 Å². The molecule has 1 rings (SSSR count). The molecule has 17 heavy (non-hydrogen) atoms. The van der Waals surface area contributed by atoms with Crippen LogP contribution in [0.3, 0.4) is 0 Å². The second kappa shape index (κ2) is 7.67. The molecule has 1 saturated carbocycles. The average Bonchev–Trinajstić information content (AvgIpc) is 2.34. The number of ether oxygens (including phenoxy) is 1. The van der Waals surface area contributed by atoms with Gasteiger partial charge in [0.2, 0.25) is 0 Å². The van der Waals surface area contributed by atoms with Crippen LogP contribution < -0.4 is 0 Å². The molecule has 0 aromatic carbocycles. The molecule has 1 aliphatic carbocycles. The Hall–Kier alpha value is -0.610. The van der Waals surface area contributed by atoms with Crippen LogP contribution in [-0.2, 0) is 9.53 Å². The molecule has 1 unspecified atom stereocenters. The first-order valence-electron chi connectivity index (χ1n) is 6.60. The van der Waals surface area contributed by atoms with Gasteiger partial charge in [0.1, 0.15) is 0 Å². The number of hydrogen-bond donors (Lipinski definition) is 1. The number of carbonyl (C=O) groups is 1. The van der Waals surface area contributed by atoms with Crippen molar-refractivity contribution in [3.05, 3.63) is 0 Å². The van der Waals surface area contributed by atoms with Crippen LogP contribution in [0.5, 0.6) is 0 Å². The lowest BCUT2D eigenvalue weighted by atomic mass is 9.84. The van der Waals surface area contributed by atoms with E-state index in [1.165, 1.54) is 32.1 Å². The molecule has 0 bridgehead atoms. The van der Waals surface area contributed by atoms with Crippen LogP contribution in [0, 0.1) is 5.92 Å². The average molecular weight is 243 g/mol. The smallest absolute Gasteiger partial charge is 0.317 e. The van der Waals surface area contributed by atoms with Crippen molar-refractivity contribution in [2.24, 2.45) is 5.92 Å². The quantitative estimate of drug-likeness (QED) is 0.743. The van der Waals surface area contributed by atoms with E-state index < -0.39 is 5.97 Å². The maximum absolute atomic E-state index is 10.9. The molecule has 1 fully saturated rings. The monoisotopic (exact) mass is 243 g/mol. The van der Waals surface area contributed by atoms with Crippen LogP contribution in [0.4, 0.5) is 0 Å². The van der Waals surface area contributed by atoms with Crippen molar-refractivity contribution in [3.63, 3.8) is 0 Å². The lowest BCUT2D eigenvalue weighted by Crippen LogP contribution is -2.43. The molecule has 0 heterocycles. The van der Waals surface area contributed by atoms with Gasteiger partial charge in [-0.15, -0.1) is 0 Å². The van der Waals surface area contributed by atoms with Crippen LogP contribution in [0.1, 0.15) is 39.0 Å². The van der Waals surface area contributed by atoms with Gasteiger partial charge in [-0.2, -0.15) is 0 Å². The normalized spacial score (nSPS) is 19.5. The molecule has 0 radical (unpaired) electrons. The van der Waals surface area contributed by atoms with Crippen molar-refractivity contribution in [2.45, 2.75) is 45.1 Å². The fraction of sp³-hybridized carbons (Fsp3) is 0.923. The Bertz CT molecular complexity index is 227. The third-order valence-electron chi connectivity index (χ3n) is 3.83. The number of nitrogens with zero attached hydrogens (tertiary/aromatic N) is 1. The second-order valence-electron chi connectivity index (χ2n) is 5.00. The van der Waals surface area contributed by atoms with Gasteiger partial charge in [-0.1, -0.05) is 19.3 Å². The van der Waals surface area contributed by atoms with Gasteiger partial charge in [0.05, 0.1) is 13.2 Å². The molecule has 0 aromatic heterocycles. The van der Waals surface area contributed by atoms with Crippen LogP contribution in [0.15, 0.2) is 0 Å². The fourth-order valence-corrected chi connectivity index (χ4v) is 2.72. The molecule has 4 nitrogen and oxygen atoms in total. The van der Waals surface area contributed by atoms with Crippen LogP contribution in [-0.4, -0.2) is 48.8 Å². The van der Waals surface area contributed by atoms with Crippen molar-refractivity contribution < 1.29 is 14.6 Å². The minimum absolute atomic E-state index is 0.126. The number of carboxylic acid groups (broad SMARTS) is 1. The molecular formula is C13H25NO3. The van der Waals surface area contributed by atoms with E-state index in [9.17, 15) is 4.79 Å². The van der Waals surface area contributed by atoms with E-state index in [0.717, 1.165) is 0 Å². The van der Waals surface area contributed by atoms with Gasteiger partial charge in [0.25, 0.3) is 0 Å². The SMILES string of the molecule is COCCN(CC(=O)O)C(C)C1CCCCC1. The van der Waals surface area contributed by atoms with Crippen LogP contribution in [0.2, 0.25) is 0 Å². The Morgan fingerprint density at radius 2 is 2.06 bits per heavy atom. The molecule has 0 spiro atoms. The van der Waals surface area contributed by atoms with Gasteiger partial charge >= 0.3 is 5.97 Å².